The van der Waals surface area contributed by atoms with Crippen LogP contribution in [0.3, 0.4) is 0 Å². The highest BCUT2D eigenvalue weighted by Gasteiger charge is 2.25. The van der Waals surface area contributed by atoms with Gasteiger partial charge in [-0.3, -0.25) is 0 Å². The molecule has 0 radical (unpaired) electrons. The lowest BCUT2D eigenvalue weighted by atomic mass is 9.92. The second-order valence-electron chi connectivity index (χ2n) is 4.60. The van der Waals surface area contributed by atoms with Gasteiger partial charge >= 0.3 is 0 Å². The number of hydrogen-bond donors (Lipinski definition) is 1. The predicted molar refractivity (Wildman–Crippen MR) is 71.6 cm³/mol. The Balaban J connectivity index is 2.09. The second-order valence-corrected chi connectivity index (χ2v) is 5.99. The van der Waals surface area contributed by atoms with E-state index in [1.807, 2.05) is 0 Å². The molecule has 1 nitrogen and oxygen atoms in total. The maximum atomic E-state index is 3.52. The Hall–Kier alpha value is 0.310. The van der Waals surface area contributed by atoms with Gasteiger partial charge in [0.05, 0.1) is 0 Å². The summed E-state index contributed by atoms with van der Waals surface area (Å²) in [5.74, 6) is 4.67. The van der Waals surface area contributed by atoms with Gasteiger partial charge in [0, 0.05) is 0 Å². The Morgan fingerprint density at radius 3 is 2.73 bits per heavy atom. The molecule has 1 fully saturated rings. The van der Waals surface area contributed by atoms with Crippen molar-refractivity contribution in [1.82, 2.24) is 5.32 Å². The SMILES string of the molecule is CCNCC1CCCC1CCCSCC. The molecule has 1 saturated carbocycles. The average molecular weight is 229 g/mol. The third-order valence-corrected chi connectivity index (χ3v) is 4.53. The van der Waals surface area contributed by atoms with Crippen molar-refractivity contribution in [3.05, 3.63) is 0 Å². The van der Waals surface area contributed by atoms with E-state index in [0.717, 1.165) is 18.4 Å². The third-order valence-electron chi connectivity index (χ3n) is 3.54. The quantitative estimate of drug-likeness (QED) is 0.639. The van der Waals surface area contributed by atoms with Crippen LogP contribution in [0.1, 0.15) is 46.0 Å². The maximum absolute atomic E-state index is 3.52. The van der Waals surface area contributed by atoms with Crippen LogP contribution < -0.4 is 5.32 Å². The van der Waals surface area contributed by atoms with Crippen LogP contribution in [0.15, 0.2) is 0 Å². The molecule has 0 bridgehead atoms. The van der Waals surface area contributed by atoms with E-state index in [4.69, 9.17) is 0 Å². The topological polar surface area (TPSA) is 12.0 Å². The van der Waals surface area contributed by atoms with Gasteiger partial charge < -0.3 is 5.32 Å². The molecular weight excluding hydrogens is 202 g/mol. The zero-order chi connectivity index (χ0) is 10.9. The van der Waals surface area contributed by atoms with Gasteiger partial charge in [-0.25, -0.2) is 0 Å². The fraction of sp³-hybridized carbons (Fsp3) is 1.00. The molecule has 15 heavy (non-hydrogen) atoms. The van der Waals surface area contributed by atoms with Crippen molar-refractivity contribution < 1.29 is 0 Å². The Morgan fingerprint density at radius 2 is 2.00 bits per heavy atom. The van der Waals surface area contributed by atoms with Gasteiger partial charge in [-0.2, -0.15) is 11.8 Å². The molecule has 0 spiro atoms. The molecule has 0 aromatic heterocycles. The second kappa shape index (κ2) is 8.46. The van der Waals surface area contributed by atoms with Gasteiger partial charge in [-0.05, 0) is 55.7 Å². The number of nitrogens with one attached hydrogen (secondary N) is 1. The first-order chi connectivity index (χ1) is 7.38. The van der Waals surface area contributed by atoms with E-state index in [2.05, 4.69) is 30.9 Å². The van der Waals surface area contributed by atoms with Crippen molar-refractivity contribution in [2.24, 2.45) is 11.8 Å². The van der Waals surface area contributed by atoms with Crippen molar-refractivity contribution in [3.8, 4) is 0 Å². The van der Waals surface area contributed by atoms with Crippen molar-refractivity contribution in [1.29, 1.82) is 0 Å². The van der Waals surface area contributed by atoms with Crippen molar-refractivity contribution in [3.63, 3.8) is 0 Å². The normalized spacial score (nSPS) is 26.0. The molecule has 1 rings (SSSR count). The number of hydrogen-bond acceptors (Lipinski definition) is 2. The Kier molecular flexibility index (Phi) is 7.54. The van der Waals surface area contributed by atoms with Crippen LogP contribution in [0.2, 0.25) is 0 Å². The molecule has 0 aromatic carbocycles. The van der Waals surface area contributed by atoms with E-state index in [9.17, 15) is 0 Å². The summed E-state index contributed by atoms with van der Waals surface area (Å²) in [6, 6.07) is 0. The van der Waals surface area contributed by atoms with Gasteiger partial charge in [0.1, 0.15) is 0 Å². The monoisotopic (exact) mass is 229 g/mol. The van der Waals surface area contributed by atoms with Crippen LogP contribution in [0.5, 0.6) is 0 Å². The molecule has 0 amide bonds. The summed E-state index contributed by atoms with van der Waals surface area (Å²) in [7, 11) is 0. The van der Waals surface area contributed by atoms with Crippen LogP contribution in [-0.2, 0) is 0 Å². The van der Waals surface area contributed by atoms with Crippen LogP contribution in [-0.4, -0.2) is 24.6 Å². The first-order valence-corrected chi connectivity index (χ1v) is 7.82. The summed E-state index contributed by atoms with van der Waals surface area (Å²) in [6.45, 7) is 6.87. The maximum Gasteiger partial charge on any atom is -0.00180 e. The van der Waals surface area contributed by atoms with Crippen LogP contribution >= 0.6 is 11.8 Å². The van der Waals surface area contributed by atoms with Crippen LogP contribution in [0.25, 0.3) is 0 Å². The summed E-state index contributed by atoms with van der Waals surface area (Å²) >= 11 is 2.09. The molecule has 2 unspecified atom stereocenters. The van der Waals surface area contributed by atoms with Gasteiger partial charge in [0.2, 0.25) is 0 Å². The smallest absolute Gasteiger partial charge is 0.00180 e. The average Bonchev–Trinajstić information content (AvgIpc) is 2.69. The predicted octanol–water partition coefficient (Wildman–Crippen LogP) is 3.55. The van der Waals surface area contributed by atoms with E-state index in [1.165, 1.54) is 50.2 Å². The lowest BCUT2D eigenvalue weighted by Crippen LogP contribution is -2.25. The zero-order valence-corrected chi connectivity index (χ0v) is 11.2. The number of thioether (sulfide) groups is 1. The van der Waals surface area contributed by atoms with Crippen LogP contribution in [0, 0.1) is 11.8 Å². The highest BCUT2D eigenvalue weighted by atomic mass is 32.2. The molecule has 1 aliphatic rings. The summed E-state index contributed by atoms with van der Waals surface area (Å²) < 4.78 is 0. The highest BCUT2D eigenvalue weighted by Crippen LogP contribution is 2.34. The van der Waals surface area contributed by atoms with Crippen LogP contribution in [0.4, 0.5) is 0 Å². The van der Waals surface area contributed by atoms with Gasteiger partial charge in [-0.1, -0.05) is 26.7 Å². The lowest BCUT2D eigenvalue weighted by Gasteiger charge is -2.19. The first kappa shape index (κ1) is 13.4. The molecule has 0 saturated heterocycles. The summed E-state index contributed by atoms with van der Waals surface area (Å²) in [5, 5.41) is 3.52. The Bertz CT molecular complexity index is 149. The molecule has 0 aromatic rings. The van der Waals surface area contributed by atoms with E-state index in [-0.39, 0.29) is 0 Å². The van der Waals surface area contributed by atoms with E-state index in [0.29, 0.717) is 0 Å². The highest BCUT2D eigenvalue weighted by molar-refractivity contribution is 7.99. The van der Waals surface area contributed by atoms with Gasteiger partial charge in [0.15, 0.2) is 0 Å². The van der Waals surface area contributed by atoms with Crippen molar-refractivity contribution in [2.75, 3.05) is 24.6 Å². The molecule has 90 valence electrons. The van der Waals surface area contributed by atoms with Crippen molar-refractivity contribution >= 4 is 11.8 Å². The molecule has 0 heterocycles. The minimum Gasteiger partial charge on any atom is -0.317 e. The number of rotatable bonds is 8. The lowest BCUT2D eigenvalue weighted by molar-refractivity contribution is 0.348. The van der Waals surface area contributed by atoms with Gasteiger partial charge in [-0.15, -0.1) is 0 Å². The van der Waals surface area contributed by atoms with Gasteiger partial charge in [0.25, 0.3) is 0 Å². The Labute approximate surface area is 99.8 Å². The standard InChI is InChI=1S/C13H27NS/c1-3-14-11-13-8-5-7-12(13)9-6-10-15-4-2/h12-14H,3-11H2,1-2H3. The molecule has 1 N–H and O–H groups in total. The summed E-state index contributed by atoms with van der Waals surface area (Å²) in [5.41, 5.74) is 0. The van der Waals surface area contributed by atoms with E-state index in [1.54, 1.807) is 0 Å². The fourth-order valence-electron chi connectivity index (χ4n) is 2.68. The minimum atomic E-state index is 0.983. The van der Waals surface area contributed by atoms with Crippen molar-refractivity contribution in [2.45, 2.75) is 46.0 Å². The fourth-order valence-corrected chi connectivity index (χ4v) is 3.34. The largest absolute Gasteiger partial charge is 0.317 e. The molecule has 2 atom stereocenters. The molecule has 2 heteroatoms. The van der Waals surface area contributed by atoms with E-state index >= 15 is 0 Å². The molecule has 1 aliphatic carbocycles. The molecular formula is C13H27NS. The Morgan fingerprint density at radius 1 is 1.20 bits per heavy atom. The summed E-state index contributed by atoms with van der Waals surface area (Å²) in [6.07, 6.45) is 7.35. The summed E-state index contributed by atoms with van der Waals surface area (Å²) in [4.78, 5) is 0. The van der Waals surface area contributed by atoms with E-state index < -0.39 is 0 Å². The third kappa shape index (κ3) is 5.26. The minimum absolute atomic E-state index is 0.983. The zero-order valence-electron chi connectivity index (χ0n) is 10.4. The molecule has 0 aliphatic heterocycles. The first-order valence-electron chi connectivity index (χ1n) is 6.66.